The highest BCUT2D eigenvalue weighted by atomic mass is 16.5. The smallest absolute Gasteiger partial charge is 0.315 e. The Hall–Kier alpha value is -1.75. The van der Waals surface area contributed by atoms with E-state index in [9.17, 15) is 4.79 Å². The molecule has 3 rings (SSSR count). The van der Waals surface area contributed by atoms with Gasteiger partial charge in [-0.1, -0.05) is 26.0 Å². The lowest BCUT2D eigenvalue weighted by molar-refractivity contribution is -0.108. The number of amides is 2. The molecule has 5 heteroatoms. The minimum atomic E-state index is -0.0966. The maximum absolute atomic E-state index is 12.3. The number of benzene rings is 1. The van der Waals surface area contributed by atoms with Crippen molar-refractivity contribution in [3.8, 4) is 0 Å². The van der Waals surface area contributed by atoms with Crippen LogP contribution >= 0.6 is 0 Å². The zero-order valence-corrected chi connectivity index (χ0v) is 15.1. The van der Waals surface area contributed by atoms with Gasteiger partial charge in [-0.3, -0.25) is 0 Å². The Morgan fingerprint density at radius 2 is 2.17 bits per heavy atom. The third kappa shape index (κ3) is 3.36. The van der Waals surface area contributed by atoms with E-state index in [1.807, 2.05) is 18.2 Å². The number of hydrogen-bond donors (Lipinski definition) is 3. The van der Waals surface area contributed by atoms with Crippen LogP contribution in [0.1, 0.15) is 39.7 Å². The molecular weight excluding hydrogens is 302 g/mol. The topological polar surface area (TPSA) is 62.4 Å². The Morgan fingerprint density at radius 1 is 1.38 bits per heavy atom. The Labute approximate surface area is 144 Å². The lowest BCUT2D eigenvalue weighted by Gasteiger charge is -2.54. The molecule has 0 aromatic heterocycles. The summed E-state index contributed by atoms with van der Waals surface area (Å²) < 4.78 is 5.77. The second-order valence-electron chi connectivity index (χ2n) is 7.87. The molecule has 1 aliphatic heterocycles. The van der Waals surface area contributed by atoms with Crippen molar-refractivity contribution in [1.82, 2.24) is 10.6 Å². The highest BCUT2D eigenvalue weighted by molar-refractivity contribution is 5.74. The molecule has 1 aromatic rings. The van der Waals surface area contributed by atoms with Crippen LogP contribution < -0.4 is 16.0 Å². The molecule has 1 aromatic carbocycles. The molecule has 5 nitrogen and oxygen atoms in total. The van der Waals surface area contributed by atoms with Gasteiger partial charge in [0.25, 0.3) is 0 Å². The monoisotopic (exact) mass is 331 g/mol. The SMILES string of the molecule is CC(C)Nc1cccc(CNC(=O)NC2C3CCOC3C2(C)C)c1. The Bertz CT molecular complexity index is 600. The first-order valence-corrected chi connectivity index (χ1v) is 8.89. The molecule has 132 valence electrons. The zero-order valence-electron chi connectivity index (χ0n) is 15.1. The molecule has 1 heterocycles. The van der Waals surface area contributed by atoms with Gasteiger partial charge in [-0.05, 0) is 38.0 Å². The van der Waals surface area contributed by atoms with Crippen LogP contribution in [0.3, 0.4) is 0 Å². The van der Waals surface area contributed by atoms with Crippen LogP contribution in [0.25, 0.3) is 0 Å². The van der Waals surface area contributed by atoms with E-state index >= 15 is 0 Å². The summed E-state index contributed by atoms with van der Waals surface area (Å²) in [7, 11) is 0. The number of ether oxygens (including phenoxy) is 1. The first kappa shape index (κ1) is 17.1. The van der Waals surface area contributed by atoms with E-state index in [-0.39, 0.29) is 17.5 Å². The van der Waals surface area contributed by atoms with Gasteiger partial charge in [-0.2, -0.15) is 0 Å². The molecule has 0 spiro atoms. The fourth-order valence-electron chi connectivity index (χ4n) is 4.10. The average Bonchev–Trinajstić information content (AvgIpc) is 2.97. The van der Waals surface area contributed by atoms with Crippen LogP contribution in [0.5, 0.6) is 0 Å². The molecular formula is C19H29N3O2. The zero-order chi connectivity index (χ0) is 17.3. The first-order valence-electron chi connectivity index (χ1n) is 8.89. The summed E-state index contributed by atoms with van der Waals surface area (Å²) in [5, 5.41) is 9.50. The number of nitrogens with one attached hydrogen (secondary N) is 3. The van der Waals surface area contributed by atoms with Gasteiger partial charge in [0.2, 0.25) is 0 Å². The van der Waals surface area contributed by atoms with Gasteiger partial charge in [0.05, 0.1) is 6.10 Å². The normalized spacial score (nSPS) is 27.3. The van der Waals surface area contributed by atoms with Crippen LogP contribution in [-0.4, -0.2) is 30.8 Å². The first-order chi connectivity index (χ1) is 11.4. The molecule has 3 atom stereocenters. The summed E-state index contributed by atoms with van der Waals surface area (Å²) in [6, 6.07) is 8.64. The van der Waals surface area contributed by atoms with Gasteiger partial charge in [0.15, 0.2) is 0 Å². The molecule has 1 saturated carbocycles. The van der Waals surface area contributed by atoms with Gasteiger partial charge in [0, 0.05) is 42.3 Å². The quantitative estimate of drug-likeness (QED) is 0.777. The predicted molar refractivity (Wildman–Crippen MR) is 96.0 cm³/mol. The largest absolute Gasteiger partial charge is 0.383 e. The predicted octanol–water partition coefficient (Wildman–Crippen LogP) is 3.12. The molecule has 3 unspecified atom stereocenters. The number of carbonyl (C=O) groups is 1. The van der Waals surface area contributed by atoms with Crippen molar-refractivity contribution in [2.45, 2.75) is 58.8 Å². The van der Waals surface area contributed by atoms with Gasteiger partial charge in [-0.15, -0.1) is 0 Å². The Balaban J connectivity index is 1.51. The average molecular weight is 331 g/mol. The van der Waals surface area contributed by atoms with Crippen LogP contribution in [0.4, 0.5) is 10.5 Å². The van der Waals surface area contributed by atoms with Crippen molar-refractivity contribution in [3.63, 3.8) is 0 Å². The van der Waals surface area contributed by atoms with Crippen LogP contribution in [0.15, 0.2) is 24.3 Å². The van der Waals surface area contributed by atoms with Crippen molar-refractivity contribution >= 4 is 11.7 Å². The van der Waals surface area contributed by atoms with E-state index in [1.54, 1.807) is 0 Å². The molecule has 1 saturated heterocycles. The molecule has 2 aliphatic rings. The van der Waals surface area contributed by atoms with Gasteiger partial charge >= 0.3 is 6.03 Å². The highest BCUT2D eigenvalue weighted by Gasteiger charge is 2.59. The van der Waals surface area contributed by atoms with Crippen molar-refractivity contribution in [2.75, 3.05) is 11.9 Å². The summed E-state index contributed by atoms with van der Waals surface area (Å²) in [6.07, 6.45) is 1.34. The van der Waals surface area contributed by atoms with Crippen LogP contribution in [0, 0.1) is 11.3 Å². The Kier molecular flexibility index (Phi) is 4.72. The molecule has 2 fully saturated rings. The van der Waals surface area contributed by atoms with E-state index in [2.05, 4.69) is 49.7 Å². The van der Waals surface area contributed by atoms with E-state index in [0.717, 1.165) is 24.3 Å². The lowest BCUT2D eigenvalue weighted by atomic mass is 9.57. The molecule has 0 bridgehead atoms. The van der Waals surface area contributed by atoms with Crippen molar-refractivity contribution in [1.29, 1.82) is 0 Å². The van der Waals surface area contributed by atoms with Crippen molar-refractivity contribution in [2.24, 2.45) is 11.3 Å². The molecule has 2 amide bonds. The number of urea groups is 1. The second-order valence-corrected chi connectivity index (χ2v) is 7.87. The number of fused-ring (bicyclic) bond motifs is 1. The maximum Gasteiger partial charge on any atom is 0.315 e. The third-order valence-electron chi connectivity index (χ3n) is 5.22. The molecule has 1 aliphatic carbocycles. The maximum atomic E-state index is 12.3. The molecule has 0 radical (unpaired) electrons. The fraction of sp³-hybridized carbons (Fsp3) is 0.632. The third-order valence-corrected chi connectivity index (χ3v) is 5.22. The summed E-state index contributed by atoms with van der Waals surface area (Å²) in [5.41, 5.74) is 2.18. The van der Waals surface area contributed by atoms with E-state index in [1.165, 1.54) is 0 Å². The standard InChI is InChI=1S/C19H29N3O2/c1-12(2)21-14-7-5-6-13(10-14)11-20-18(23)22-16-15-8-9-24-17(15)19(16,3)4/h5-7,10,12,15-17,21H,8-9,11H2,1-4H3,(H2,20,22,23). The van der Waals surface area contributed by atoms with Crippen molar-refractivity contribution in [3.05, 3.63) is 29.8 Å². The summed E-state index contributed by atoms with van der Waals surface area (Å²) >= 11 is 0. The number of rotatable bonds is 5. The lowest BCUT2D eigenvalue weighted by Crippen LogP contribution is -2.67. The number of anilines is 1. The van der Waals surface area contributed by atoms with Gasteiger partial charge in [-0.25, -0.2) is 4.79 Å². The van der Waals surface area contributed by atoms with Crippen LogP contribution in [0.2, 0.25) is 0 Å². The van der Waals surface area contributed by atoms with E-state index in [0.29, 0.717) is 24.6 Å². The Morgan fingerprint density at radius 3 is 2.92 bits per heavy atom. The number of carbonyl (C=O) groups excluding carboxylic acids is 1. The van der Waals surface area contributed by atoms with E-state index < -0.39 is 0 Å². The molecule has 3 N–H and O–H groups in total. The summed E-state index contributed by atoms with van der Waals surface area (Å²) in [4.78, 5) is 12.3. The van der Waals surface area contributed by atoms with Crippen LogP contribution in [-0.2, 0) is 11.3 Å². The van der Waals surface area contributed by atoms with Crippen molar-refractivity contribution < 1.29 is 9.53 Å². The second kappa shape index (κ2) is 6.63. The van der Waals surface area contributed by atoms with Gasteiger partial charge < -0.3 is 20.7 Å². The summed E-state index contributed by atoms with van der Waals surface area (Å²) in [6.45, 7) is 9.90. The fourth-order valence-corrected chi connectivity index (χ4v) is 4.10. The van der Waals surface area contributed by atoms with E-state index in [4.69, 9.17) is 4.74 Å². The molecule has 24 heavy (non-hydrogen) atoms. The summed E-state index contributed by atoms with van der Waals surface area (Å²) in [5.74, 6) is 0.462. The van der Waals surface area contributed by atoms with Gasteiger partial charge in [0.1, 0.15) is 0 Å². The minimum absolute atomic E-state index is 0.0135. The minimum Gasteiger partial charge on any atom is -0.383 e. The number of hydrogen-bond acceptors (Lipinski definition) is 3. The highest BCUT2D eigenvalue weighted by Crippen LogP contribution is 2.52.